The summed E-state index contributed by atoms with van der Waals surface area (Å²) in [6, 6.07) is 9.35. The van der Waals surface area contributed by atoms with Crippen molar-refractivity contribution in [1.82, 2.24) is 0 Å². The topological polar surface area (TPSA) is 17.1 Å². The van der Waals surface area contributed by atoms with Gasteiger partial charge in [0.05, 0.1) is 4.88 Å². The van der Waals surface area contributed by atoms with Gasteiger partial charge in [0.1, 0.15) is 0 Å². The Morgan fingerprint density at radius 2 is 2.00 bits per heavy atom. The van der Waals surface area contributed by atoms with Crippen LogP contribution in [0, 0.1) is 6.92 Å². The molecule has 88 valence electrons. The van der Waals surface area contributed by atoms with Crippen LogP contribution < -0.4 is 0 Å². The lowest BCUT2D eigenvalue weighted by molar-refractivity contribution is 0.0996. The molecule has 1 aromatic heterocycles. The Bertz CT molecular complexity index is 545. The number of hydrogen-bond donors (Lipinski definition) is 0. The first-order chi connectivity index (χ1) is 8.06. The second kappa shape index (κ2) is 5.34. The number of aryl methyl sites for hydroxylation is 1. The van der Waals surface area contributed by atoms with E-state index in [2.05, 4.69) is 15.9 Å². The maximum atomic E-state index is 12.1. The number of thiophene rings is 1. The van der Waals surface area contributed by atoms with Crippen LogP contribution in [-0.4, -0.2) is 5.78 Å². The Balaban J connectivity index is 2.17. The molecule has 0 saturated carbocycles. The highest BCUT2D eigenvalue weighted by atomic mass is 79.9. The summed E-state index contributed by atoms with van der Waals surface area (Å²) in [5, 5.41) is 0.689. The fraction of sp³-hybridized carbons (Fsp3) is 0.154. The lowest BCUT2D eigenvalue weighted by Crippen LogP contribution is -2.01. The first kappa shape index (κ1) is 12.8. The van der Waals surface area contributed by atoms with E-state index in [0.29, 0.717) is 11.4 Å². The molecule has 0 saturated heterocycles. The molecular weight excluding hydrogens is 320 g/mol. The van der Waals surface area contributed by atoms with E-state index in [0.717, 1.165) is 19.8 Å². The van der Waals surface area contributed by atoms with Crippen LogP contribution in [0.25, 0.3) is 0 Å². The third-order valence-corrected chi connectivity index (χ3v) is 4.57. The molecule has 0 aliphatic heterocycles. The Kier molecular flexibility index (Phi) is 4.02. The molecule has 1 aromatic carbocycles. The van der Waals surface area contributed by atoms with Crippen molar-refractivity contribution in [2.24, 2.45) is 0 Å². The van der Waals surface area contributed by atoms with Crippen LogP contribution >= 0.6 is 38.9 Å². The van der Waals surface area contributed by atoms with E-state index in [1.54, 1.807) is 12.1 Å². The minimum absolute atomic E-state index is 0.136. The molecule has 0 atom stereocenters. The third-order valence-electron chi connectivity index (χ3n) is 2.34. The van der Waals surface area contributed by atoms with Crippen LogP contribution in [0.15, 0.2) is 34.8 Å². The zero-order valence-electron chi connectivity index (χ0n) is 9.17. The van der Waals surface area contributed by atoms with Crippen LogP contribution in [0.5, 0.6) is 0 Å². The molecule has 1 nitrogen and oxygen atoms in total. The maximum absolute atomic E-state index is 12.1. The van der Waals surface area contributed by atoms with E-state index in [-0.39, 0.29) is 5.78 Å². The van der Waals surface area contributed by atoms with Crippen molar-refractivity contribution in [3.63, 3.8) is 0 Å². The van der Waals surface area contributed by atoms with Gasteiger partial charge in [0, 0.05) is 20.8 Å². The van der Waals surface area contributed by atoms with Crippen molar-refractivity contribution in [1.29, 1.82) is 0 Å². The van der Waals surface area contributed by atoms with Crippen molar-refractivity contribution < 1.29 is 4.79 Å². The Labute approximate surface area is 118 Å². The van der Waals surface area contributed by atoms with Gasteiger partial charge in [-0.25, -0.2) is 0 Å². The summed E-state index contributed by atoms with van der Waals surface area (Å²) in [4.78, 5) is 14.0. The maximum Gasteiger partial charge on any atom is 0.178 e. The fourth-order valence-corrected chi connectivity index (χ4v) is 3.47. The number of Topliss-reactive ketones (excluding diaryl/α,β-unsaturated/α-hetero) is 1. The zero-order chi connectivity index (χ0) is 12.4. The molecule has 17 heavy (non-hydrogen) atoms. The van der Waals surface area contributed by atoms with E-state index < -0.39 is 0 Å². The smallest absolute Gasteiger partial charge is 0.178 e. The van der Waals surface area contributed by atoms with Crippen LogP contribution in [0.2, 0.25) is 5.02 Å². The Hall–Kier alpha value is -0.640. The van der Waals surface area contributed by atoms with Gasteiger partial charge in [-0.15, -0.1) is 11.3 Å². The number of halogens is 2. The molecule has 1 heterocycles. The molecule has 0 spiro atoms. The minimum Gasteiger partial charge on any atom is -0.293 e. The number of benzene rings is 1. The number of rotatable bonds is 3. The van der Waals surface area contributed by atoms with Gasteiger partial charge in [-0.2, -0.15) is 0 Å². The van der Waals surface area contributed by atoms with Crippen LogP contribution in [0.3, 0.4) is 0 Å². The van der Waals surface area contributed by atoms with Gasteiger partial charge in [-0.1, -0.05) is 23.7 Å². The molecule has 0 N–H and O–H groups in total. The van der Waals surface area contributed by atoms with Crippen molar-refractivity contribution in [3.8, 4) is 0 Å². The van der Waals surface area contributed by atoms with E-state index in [1.165, 1.54) is 11.3 Å². The van der Waals surface area contributed by atoms with Crippen molar-refractivity contribution in [2.45, 2.75) is 13.3 Å². The van der Waals surface area contributed by atoms with Gasteiger partial charge >= 0.3 is 0 Å². The van der Waals surface area contributed by atoms with Crippen LogP contribution in [-0.2, 0) is 6.42 Å². The highest BCUT2D eigenvalue weighted by Gasteiger charge is 2.13. The summed E-state index contributed by atoms with van der Waals surface area (Å²) >= 11 is 10.7. The molecule has 0 unspecified atom stereocenters. The van der Waals surface area contributed by atoms with E-state index >= 15 is 0 Å². The molecule has 0 aliphatic rings. The minimum atomic E-state index is 0.136. The Morgan fingerprint density at radius 3 is 2.53 bits per heavy atom. The summed E-state index contributed by atoms with van der Waals surface area (Å²) in [6.07, 6.45) is 0.412. The summed E-state index contributed by atoms with van der Waals surface area (Å²) in [6.45, 7) is 1.99. The average Bonchev–Trinajstić information content (AvgIpc) is 2.61. The first-order valence-electron chi connectivity index (χ1n) is 5.10. The zero-order valence-corrected chi connectivity index (χ0v) is 12.3. The van der Waals surface area contributed by atoms with E-state index in [9.17, 15) is 4.79 Å². The van der Waals surface area contributed by atoms with Crippen LogP contribution in [0.1, 0.15) is 20.1 Å². The summed E-state index contributed by atoms with van der Waals surface area (Å²) in [5.74, 6) is 0.136. The van der Waals surface area contributed by atoms with Gasteiger partial charge in [-0.05, 0) is 46.6 Å². The lowest BCUT2D eigenvalue weighted by Gasteiger charge is -2.00. The summed E-state index contributed by atoms with van der Waals surface area (Å²) < 4.78 is 0.888. The van der Waals surface area contributed by atoms with Crippen molar-refractivity contribution in [2.75, 3.05) is 0 Å². The molecule has 0 aliphatic carbocycles. The quantitative estimate of drug-likeness (QED) is 0.732. The standard InChI is InChI=1S/C13H10BrClOS/c1-8-6-11(14)13(17-8)12(16)7-9-2-4-10(15)5-3-9/h2-6H,7H2,1H3. The average molecular weight is 330 g/mol. The highest BCUT2D eigenvalue weighted by molar-refractivity contribution is 9.10. The number of carbonyl (C=O) groups is 1. The lowest BCUT2D eigenvalue weighted by atomic mass is 10.1. The monoisotopic (exact) mass is 328 g/mol. The molecule has 0 fully saturated rings. The largest absolute Gasteiger partial charge is 0.293 e. The second-order valence-electron chi connectivity index (χ2n) is 3.76. The molecule has 0 amide bonds. The first-order valence-corrected chi connectivity index (χ1v) is 7.08. The predicted molar refractivity (Wildman–Crippen MR) is 76.2 cm³/mol. The van der Waals surface area contributed by atoms with Gasteiger partial charge in [0.2, 0.25) is 0 Å². The molecule has 2 aromatic rings. The van der Waals surface area contributed by atoms with Gasteiger partial charge < -0.3 is 0 Å². The number of carbonyl (C=O) groups excluding carboxylic acids is 1. The second-order valence-corrected chi connectivity index (χ2v) is 6.31. The van der Waals surface area contributed by atoms with E-state index in [4.69, 9.17) is 11.6 Å². The molecule has 2 rings (SSSR count). The highest BCUT2D eigenvalue weighted by Crippen LogP contribution is 2.28. The summed E-state index contributed by atoms with van der Waals surface area (Å²) in [7, 11) is 0. The summed E-state index contributed by atoms with van der Waals surface area (Å²) in [5.41, 5.74) is 0.984. The van der Waals surface area contributed by atoms with Gasteiger partial charge in [-0.3, -0.25) is 4.79 Å². The van der Waals surface area contributed by atoms with Gasteiger partial charge in [0.25, 0.3) is 0 Å². The number of ketones is 1. The molecule has 4 heteroatoms. The Morgan fingerprint density at radius 1 is 1.35 bits per heavy atom. The third kappa shape index (κ3) is 3.18. The SMILES string of the molecule is Cc1cc(Br)c(C(=O)Cc2ccc(Cl)cc2)s1. The van der Waals surface area contributed by atoms with Crippen molar-refractivity contribution in [3.05, 3.63) is 55.1 Å². The van der Waals surface area contributed by atoms with Gasteiger partial charge in [0.15, 0.2) is 5.78 Å². The van der Waals surface area contributed by atoms with Crippen molar-refractivity contribution >= 4 is 44.7 Å². The normalized spacial score (nSPS) is 10.5. The predicted octanol–water partition coefficient (Wildman–Crippen LogP) is 4.90. The van der Waals surface area contributed by atoms with E-state index in [1.807, 2.05) is 25.1 Å². The van der Waals surface area contributed by atoms with Crippen LogP contribution in [0.4, 0.5) is 0 Å². The molecule has 0 radical (unpaired) electrons. The molecular formula is C13H10BrClOS. The number of hydrogen-bond acceptors (Lipinski definition) is 2. The molecule has 0 bridgehead atoms. The fourth-order valence-electron chi connectivity index (χ4n) is 1.54.